The van der Waals surface area contributed by atoms with Crippen molar-refractivity contribution in [1.82, 2.24) is 15.5 Å². The lowest BCUT2D eigenvalue weighted by molar-refractivity contribution is 0.0948. The molecule has 90 valence electrons. The minimum Gasteiger partial charge on any atom is -0.382 e. The SMILES string of the molecule is CSCCCCCNC(=O)c1cc(N)n[nH]1. The Bertz CT molecular complexity index is 326. The molecule has 0 bridgehead atoms. The third-order valence-electron chi connectivity index (χ3n) is 2.15. The van der Waals surface area contributed by atoms with Gasteiger partial charge in [0.1, 0.15) is 11.5 Å². The fourth-order valence-electron chi connectivity index (χ4n) is 1.30. The van der Waals surface area contributed by atoms with E-state index >= 15 is 0 Å². The molecular weight excluding hydrogens is 224 g/mol. The van der Waals surface area contributed by atoms with Gasteiger partial charge in [0.05, 0.1) is 0 Å². The zero-order valence-corrected chi connectivity index (χ0v) is 10.3. The molecule has 6 heteroatoms. The van der Waals surface area contributed by atoms with Crippen LogP contribution in [-0.2, 0) is 0 Å². The first kappa shape index (κ1) is 12.9. The summed E-state index contributed by atoms with van der Waals surface area (Å²) in [6.45, 7) is 0.701. The highest BCUT2D eigenvalue weighted by atomic mass is 32.2. The second kappa shape index (κ2) is 7.16. The summed E-state index contributed by atoms with van der Waals surface area (Å²) in [7, 11) is 0. The van der Waals surface area contributed by atoms with Gasteiger partial charge in [-0.3, -0.25) is 9.89 Å². The largest absolute Gasteiger partial charge is 0.382 e. The first-order valence-electron chi connectivity index (χ1n) is 5.32. The maximum Gasteiger partial charge on any atom is 0.269 e. The number of anilines is 1. The highest BCUT2D eigenvalue weighted by Gasteiger charge is 2.06. The number of aromatic nitrogens is 2. The molecule has 0 spiro atoms. The lowest BCUT2D eigenvalue weighted by Gasteiger charge is -2.02. The van der Waals surface area contributed by atoms with Crippen LogP contribution < -0.4 is 11.1 Å². The topological polar surface area (TPSA) is 83.8 Å². The molecule has 0 fully saturated rings. The molecule has 1 rings (SSSR count). The van der Waals surface area contributed by atoms with E-state index in [-0.39, 0.29) is 5.91 Å². The third-order valence-corrected chi connectivity index (χ3v) is 2.85. The monoisotopic (exact) mass is 242 g/mol. The highest BCUT2D eigenvalue weighted by Crippen LogP contribution is 2.02. The normalized spacial score (nSPS) is 10.3. The van der Waals surface area contributed by atoms with E-state index in [0.29, 0.717) is 18.1 Å². The lowest BCUT2D eigenvalue weighted by atomic mass is 10.2. The Morgan fingerprint density at radius 2 is 2.38 bits per heavy atom. The zero-order chi connectivity index (χ0) is 11.8. The number of rotatable bonds is 7. The minimum absolute atomic E-state index is 0.144. The van der Waals surface area contributed by atoms with Gasteiger partial charge in [0.25, 0.3) is 5.91 Å². The summed E-state index contributed by atoms with van der Waals surface area (Å²) in [5, 5.41) is 9.09. The van der Waals surface area contributed by atoms with Crippen molar-refractivity contribution in [3.8, 4) is 0 Å². The molecule has 0 saturated carbocycles. The average molecular weight is 242 g/mol. The molecule has 0 aromatic carbocycles. The smallest absolute Gasteiger partial charge is 0.269 e. The van der Waals surface area contributed by atoms with Crippen LogP contribution in [0, 0.1) is 0 Å². The molecule has 1 heterocycles. The molecule has 0 unspecified atom stereocenters. The van der Waals surface area contributed by atoms with E-state index in [1.54, 1.807) is 0 Å². The molecule has 0 atom stereocenters. The Labute approximate surface area is 99.6 Å². The van der Waals surface area contributed by atoms with Crippen LogP contribution in [0.4, 0.5) is 5.82 Å². The molecule has 5 nitrogen and oxygen atoms in total. The Hall–Kier alpha value is -1.17. The number of aromatic amines is 1. The van der Waals surface area contributed by atoms with E-state index in [0.717, 1.165) is 12.8 Å². The van der Waals surface area contributed by atoms with Gasteiger partial charge in [0.15, 0.2) is 0 Å². The second-order valence-corrected chi connectivity index (χ2v) is 4.50. The summed E-state index contributed by atoms with van der Waals surface area (Å²) in [5.41, 5.74) is 5.82. The number of nitrogens with zero attached hydrogens (tertiary/aromatic N) is 1. The van der Waals surface area contributed by atoms with Crippen molar-refractivity contribution in [2.24, 2.45) is 0 Å². The summed E-state index contributed by atoms with van der Waals surface area (Å²) in [6.07, 6.45) is 5.46. The number of thioether (sulfide) groups is 1. The van der Waals surface area contributed by atoms with E-state index in [9.17, 15) is 4.79 Å². The number of amides is 1. The highest BCUT2D eigenvalue weighted by molar-refractivity contribution is 7.98. The second-order valence-electron chi connectivity index (χ2n) is 3.52. The van der Waals surface area contributed by atoms with Crippen molar-refractivity contribution < 1.29 is 4.79 Å². The van der Waals surface area contributed by atoms with Crippen molar-refractivity contribution in [2.45, 2.75) is 19.3 Å². The van der Waals surface area contributed by atoms with Crippen molar-refractivity contribution >= 4 is 23.5 Å². The molecule has 0 aliphatic heterocycles. The molecule has 1 aromatic rings. The van der Waals surface area contributed by atoms with E-state index in [1.807, 2.05) is 11.8 Å². The molecule has 4 N–H and O–H groups in total. The number of H-pyrrole nitrogens is 1. The van der Waals surface area contributed by atoms with E-state index < -0.39 is 0 Å². The Kier molecular flexibility index (Phi) is 5.77. The number of nitrogens with one attached hydrogen (secondary N) is 2. The number of carbonyl (C=O) groups excluding carboxylic acids is 1. The van der Waals surface area contributed by atoms with Gasteiger partial charge in [-0.05, 0) is 24.9 Å². The zero-order valence-electron chi connectivity index (χ0n) is 9.45. The van der Waals surface area contributed by atoms with Crippen molar-refractivity contribution in [3.63, 3.8) is 0 Å². The number of nitrogen functional groups attached to an aromatic ring is 1. The fraction of sp³-hybridized carbons (Fsp3) is 0.600. The number of nitrogens with two attached hydrogens (primary N) is 1. The van der Waals surface area contributed by atoms with Crippen LogP contribution in [0.3, 0.4) is 0 Å². The summed E-state index contributed by atoms with van der Waals surface area (Å²) in [5.74, 6) is 1.38. The van der Waals surface area contributed by atoms with Crippen LogP contribution in [-0.4, -0.2) is 34.7 Å². The summed E-state index contributed by atoms with van der Waals surface area (Å²) >= 11 is 1.85. The summed E-state index contributed by atoms with van der Waals surface area (Å²) < 4.78 is 0. The Morgan fingerprint density at radius 1 is 1.56 bits per heavy atom. The van der Waals surface area contributed by atoms with E-state index in [4.69, 9.17) is 5.73 Å². The average Bonchev–Trinajstić information content (AvgIpc) is 2.70. The van der Waals surface area contributed by atoms with Gasteiger partial charge < -0.3 is 11.1 Å². The van der Waals surface area contributed by atoms with Crippen LogP contribution in [0.5, 0.6) is 0 Å². The van der Waals surface area contributed by atoms with Crippen LogP contribution in [0.1, 0.15) is 29.8 Å². The molecule has 1 aromatic heterocycles. The summed E-state index contributed by atoms with van der Waals surface area (Å²) in [4.78, 5) is 11.5. The molecule has 0 radical (unpaired) electrons. The first-order valence-corrected chi connectivity index (χ1v) is 6.71. The number of hydrogen-bond acceptors (Lipinski definition) is 4. The predicted octanol–water partition coefficient (Wildman–Crippen LogP) is 1.25. The molecule has 1 amide bonds. The molecular formula is C10H18N4OS. The van der Waals surface area contributed by atoms with Gasteiger partial charge in [-0.1, -0.05) is 6.42 Å². The van der Waals surface area contributed by atoms with Crippen molar-refractivity contribution in [2.75, 3.05) is 24.3 Å². The van der Waals surface area contributed by atoms with Crippen molar-refractivity contribution in [3.05, 3.63) is 11.8 Å². The van der Waals surface area contributed by atoms with Gasteiger partial charge in [-0.15, -0.1) is 0 Å². The van der Waals surface area contributed by atoms with E-state index in [1.165, 1.54) is 18.2 Å². The van der Waals surface area contributed by atoms with Crippen LogP contribution in [0.25, 0.3) is 0 Å². The van der Waals surface area contributed by atoms with Gasteiger partial charge in [0, 0.05) is 12.6 Å². The predicted molar refractivity (Wildman–Crippen MR) is 67.6 cm³/mol. The lowest BCUT2D eigenvalue weighted by Crippen LogP contribution is -2.24. The van der Waals surface area contributed by atoms with Gasteiger partial charge in [-0.25, -0.2) is 0 Å². The van der Waals surface area contributed by atoms with Gasteiger partial charge in [-0.2, -0.15) is 16.9 Å². The standard InChI is InChI=1S/C10H18N4OS/c1-16-6-4-2-3-5-12-10(15)8-7-9(11)14-13-8/h7H,2-6H2,1H3,(H,12,15)(H3,11,13,14). The van der Waals surface area contributed by atoms with Gasteiger partial charge in [0.2, 0.25) is 0 Å². The Balaban J connectivity index is 2.11. The fourth-order valence-corrected chi connectivity index (χ4v) is 1.79. The van der Waals surface area contributed by atoms with Crippen LogP contribution in [0.15, 0.2) is 6.07 Å². The van der Waals surface area contributed by atoms with E-state index in [2.05, 4.69) is 21.8 Å². The first-order chi connectivity index (χ1) is 7.74. The minimum atomic E-state index is -0.144. The number of hydrogen-bond donors (Lipinski definition) is 3. The van der Waals surface area contributed by atoms with Crippen LogP contribution in [0.2, 0.25) is 0 Å². The number of carbonyl (C=O) groups is 1. The van der Waals surface area contributed by atoms with Gasteiger partial charge >= 0.3 is 0 Å². The molecule has 0 saturated heterocycles. The maximum absolute atomic E-state index is 11.5. The summed E-state index contributed by atoms with van der Waals surface area (Å²) in [6, 6.07) is 1.53. The van der Waals surface area contributed by atoms with Crippen LogP contribution >= 0.6 is 11.8 Å². The molecule has 0 aliphatic rings. The molecule has 16 heavy (non-hydrogen) atoms. The Morgan fingerprint density at radius 3 is 3.00 bits per heavy atom. The molecule has 0 aliphatic carbocycles. The maximum atomic E-state index is 11.5. The van der Waals surface area contributed by atoms with Crippen molar-refractivity contribution in [1.29, 1.82) is 0 Å². The third kappa shape index (κ3) is 4.57. The quantitative estimate of drug-likeness (QED) is 0.628. The number of unbranched alkanes of at least 4 members (excludes halogenated alkanes) is 2.